The Kier molecular flexibility index (Phi) is 2.64. The van der Waals surface area contributed by atoms with Gasteiger partial charge in [-0.05, 0) is 23.7 Å². The average Bonchev–Trinajstić information content (AvgIpc) is 2.93. The minimum atomic E-state index is -0.0566. The topological polar surface area (TPSA) is 55.6 Å². The van der Waals surface area contributed by atoms with E-state index in [1.165, 1.54) is 11.3 Å². The average molecular weight is 278 g/mol. The summed E-state index contributed by atoms with van der Waals surface area (Å²) in [5.74, 6) is 0. The monoisotopic (exact) mass is 278 g/mol. The second-order valence-electron chi connectivity index (χ2n) is 4.01. The van der Waals surface area contributed by atoms with E-state index in [-0.39, 0.29) is 5.56 Å². The van der Waals surface area contributed by atoms with E-state index in [9.17, 15) is 4.79 Å². The Hall–Kier alpha value is -1.73. The van der Waals surface area contributed by atoms with Crippen LogP contribution in [0.2, 0.25) is 0 Å². The van der Waals surface area contributed by atoms with Crippen LogP contribution >= 0.6 is 23.6 Å². The van der Waals surface area contributed by atoms with E-state index in [4.69, 9.17) is 12.2 Å². The van der Waals surface area contributed by atoms with E-state index in [0.717, 1.165) is 10.4 Å². The molecule has 18 heavy (non-hydrogen) atoms. The van der Waals surface area contributed by atoms with Crippen molar-refractivity contribution in [3.05, 3.63) is 44.5 Å². The fourth-order valence-corrected chi connectivity index (χ4v) is 2.95. The predicted octanol–water partition coefficient (Wildman–Crippen LogP) is 1.90. The van der Waals surface area contributed by atoms with Crippen molar-refractivity contribution in [1.29, 1.82) is 0 Å². The van der Waals surface area contributed by atoms with Gasteiger partial charge in [-0.2, -0.15) is 5.10 Å². The van der Waals surface area contributed by atoms with Gasteiger partial charge in [0.1, 0.15) is 4.83 Å². The van der Waals surface area contributed by atoms with Crippen molar-refractivity contribution in [3.63, 3.8) is 0 Å². The number of aromatic nitrogens is 4. The minimum absolute atomic E-state index is 0.0566. The molecule has 3 aromatic rings. The van der Waals surface area contributed by atoms with Crippen molar-refractivity contribution in [1.82, 2.24) is 19.3 Å². The highest BCUT2D eigenvalue weighted by atomic mass is 32.1. The Morgan fingerprint density at radius 3 is 3.11 bits per heavy atom. The molecule has 0 radical (unpaired) electrons. The van der Waals surface area contributed by atoms with Crippen LogP contribution in [0.4, 0.5) is 0 Å². The van der Waals surface area contributed by atoms with Crippen molar-refractivity contribution in [3.8, 4) is 0 Å². The summed E-state index contributed by atoms with van der Waals surface area (Å²) < 4.78 is 3.70. The van der Waals surface area contributed by atoms with Crippen LogP contribution in [0.25, 0.3) is 10.2 Å². The first-order valence-corrected chi connectivity index (χ1v) is 6.62. The first-order valence-electron chi connectivity index (χ1n) is 5.33. The molecule has 1 N–H and O–H groups in total. The van der Waals surface area contributed by atoms with E-state index in [1.807, 2.05) is 24.7 Å². The molecule has 0 aliphatic heterocycles. The molecule has 0 aliphatic carbocycles. The largest absolute Gasteiger partial charge is 0.323 e. The third kappa shape index (κ3) is 1.81. The normalized spacial score (nSPS) is 11.2. The van der Waals surface area contributed by atoms with Gasteiger partial charge in [0, 0.05) is 18.8 Å². The van der Waals surface area contributed by atoms with Gasteiger partial charge in [0.15, 0.2) is 4.77 Å². The molecule has 0 fully saturated rings. The van der Waals surface area contributed by atoms with Crippen LogP contribution in [0.5, 0.6) is 0 Å². The molecule has 0 saturated carbocycles. The summed E-state index contributed by atoms with van der Waals surface area (Å²) >= 11 is 6.71. The number of rotatable bonds is 2. The fourth-order valence-electron chi connectivity index (χ4n) is 1.86. The summed E-state index contributed by atoms with van der Waals surface area (Å²) in [7, 11) is 1.84. The van der Waals surface area contributed by atoms with Gasteiger partial charge in [0.2, 0.25) is 0 Å². The molecule has 0 aromatic carbocycles. The predicted molar refractivity (Wildman–Crippen MR) is 73.6 cm³/mol. The van der Waals surface area contributed by atoms with Gasteiger partial charge in [-0.15, -0.1) is 11.3 Å². The number of nitrogens with one attached hydrogen (secondary N) is 1. The lowest BCUT2D eigenvalue weighted by molar-refractivity contribution is 0.731. The number of hydrogen-bond acceptors (Lipinski definition) is 4. The third-order valence-electron chi connectivity index (χ3n) is 2.71. The molecule has 7 heteroatoms. The second kappa shape index (κ2) is 4.18. The van der Waals surface area contributed by atoms with Crippen LogP contribution in [0.15, 0.2) is 28.6 Å². The maximum Gasteiger partial charge on any atom is 0.263 e. The molecule has 92 valence electrons. The zero-order valence-corrected chi connectivity index (χ0v) is 11.2. The molecule has 0 saturated heterocycles. The zero-order valence-electron chi connectivity index (χ0n) is 9.58. The maximum absolute atomic E-state index is 12.3. The van der Waals surface area contributed by atoms with Crippen LogP contribution < -0.4 is 5.56 Å². The van der Waals surface area contributed by atoms with E-state index in [2.05, 4.69) is 10.1 Å². The third-order valence-corrected chi connectivity index (χ3v) is 3.86. The van der Waals surface area contributed by atoms with Gasteiger partial charge in [-0.25, -0.2) is 0 Å². The number of H-pyrrole nitrogens is 1. The fraction of sp³-hybridized carbons (Fsp3) is 0.182. The van der Waals surface area contributed by atoms with E-state index >= 15 is 0 Å². The number of hydrogen-bond donors (Lipinski definition) is 1. The molecular weight excluding hydrogens is 268 g/mol. The van der Waals surface area contributed by atoms with Crippen molar-refractivity contribution in [2.75, 3.05) is 0 Å². The molecule has 0 atom stereocenters. The Morgan fingerprint density at radius 1 is 1.56 bits per heavy atom. The van der Waals surface area contributed by atoms with Crippen molar-refractivity contribution >= 4 is 33.8 Å². The van der Waals surface area contributed by atoms with E-state index in [1.54, 1.807) is 15.4 Å². The molecule has 3 heterocycles. The summed E-state index contributed by atoms with van der Waals surface area (Å²) in [6, 6.07) is 1.81. The van der Waals surface area contributed by atoms with E-state index < -0.39 is 0 Å². The highest BCUT2D eigenvalue weighted by Gasteiger charge is 2.07. The van der Waals surface area contributed by atoms with E-state index in [0.29, 0.717) is 16.7 Å². The molecule has 0 amide bonds. The molecule has 3 aromatic heterocycles. The SMILES string of the molecule is Cn1cc(Cn2c(=S)[nH]c3sccc3c2=O)cn1. The van der Waals surface area contributed by atoms with Gasteiger partial charge < -0.3 is 4.98 Å². The van der Waals surface area contributed by atoms with Gasteiger partial charge >= 0.3 is 0 Å². The Bertz CT molecular complexity index is 823. The highest BCUT2D eigenvalue weighted by Crippen LogP contribution is 2.14. The number of fused-ring (bicyclic) bond motifs is 1. The minimum Gasteiger partial charge on any atom is -0.323 e. The smallest absolute Gasteiger partial charge is 0.263 e. The summed E-state index contributed by atoms with van der Waals surface area (Å²) in [6.45, 7) is 0.438. The van der Waals surface area contributed by atoms with Crippen LogP contribution in [0, 0.1) is 4.77 Å². The standard InChI is InChI=1S/C11H10N4OS2/c1-14-5-7(4-12-14)6-15-10(16)8-2-3-18-9(8)13-11(15)17/h2-5H,6H2,1H3,(H,13,17). The number of thiophene rings is 1. The van der Waals surface area contributed by atoms with Crippen LogP contribution in [0.3, 0.4) is 0 Å². The lowest BCUT2D eigenvalue weighted by Gasteiger charge is -2.04. The summed E-state index contributed by atoms with van der Waals surface area (Å²) in [6.07, 6.45) is 3.61. The molecule has 5 nitrogen and oxygen atoms in total. The summed E-state index contributed by atoms with van der Waals surface area (Å²) in [5.41, 5.74) is 0.896. The van der Waals surface area contributed by atoms with Crippen molar-refractivity contribution in [2.24, 2.45) is 7.05 Å². The summed E-state index contributed by atoms with van der Waals surface area (Å²) in [5, 5.41) is 6.64. The molecule has 0 spiro atoms. The van der Waals surface area contributed by atoms with Gasteiger partial charge in [-0.3, -0.25) is 14.0 Å². The lowest BCUT2D eigenvalue weighted by Crippen LogP contribution is -2.21. The molecular formula is C11H10N4OS2. The molecule has 0 unspecified atom stereocenters. The highest BCUT2D eigenvalue weighted by molar-refractivity contribution is 7.71. The first-order chi connectivity index (χ1) is 8.65. The number of nitrogens with zero attached hydrogens (tertiary/aromatic N) is 3. The molecule has 0 bridgehead atoms. The molecule has 3 rings (SSSR count). The zero-order chi connectivity index (χ0) is 12.7. The van der Waals surface area contributed by atoms with Gasteiger partial charge in [0.25, 0.3) is 5.56 Å². The van der Waals surface area contributed by atoms with Gasteiger partial charge in [-0.1, -0.05) is 0 Å². The van der Waals surface area contributed by atoms with Crippen molar-refractivity contribution in [2.45, 2.75) is 6.54 Å². The molecule has 0 aliphatic rings. The second-order valence-corrected chi connectivity index (χ2v) is 5.31. The number of aromatic amines is 1. The van der Waals surface area contributed by atoms with Gasteiger partial charge in [0.05, 0.1) is 18.1 Å². The summed E-state index contributed by atoms with van der Waals surface area (Å²) in [4.78, 5) is 16.2. The first kappa shape index (κ1) is 11.4. The quantitative estimate of drug-likeness (QED) is 0.728. The number of aryl methyl sites for hydroxylation is 1. The Labute approximate surface area is 111 Å². The lowest BCUT2D eigenvalue weighted by atomic mass is 10.3. The maximum atomic E-state index is 12.3. The Balaban J connectivity index is 2.17. The van der Waals surface area contributed by atoms with Crippen molar-refractivity contribution < 1.29 is 0 Å². The van der Waals surface area contributed by atoms with Crippen LogP contribution in [0.1, 0.15) is 5.56 Å². The Morgan fingerprint density at radius 2 is 2.39 bits per heavy atom. The van der Waals surface area contributed by atoms with Crippen LogP contribution in [-0.4, -0.2) is 19.3 Å². The van der Waals surface area contributed by atoms with Crippen LogP contribution in [-0.2, 0) is 13.6 Å².